The fourth-order valence-corrected chi connectivity index (χ4v) is 4.06. The van der Waals surface area contributed by atoms with E-state index in [2.05, 4.69) is 4.72 Å². The third-order valence-electron chi connectivity index (χ3n) is 4.10. The Balaban J connectivity index is 2.09. The molecule has 1 aliphatic rings. The topological polar surface area (TPSA) is 92.4 Å². The first-order valence-electron chi connectivity index (χ1n) is 7.09. The molecule has 2 unspecified atom stereocenters. The Bertz CT molecular complexity index is 592. The van der Waals surface area contributed by atoms with Gasteiger partial charge in [0.05, 0.1) is 5.69 Å². The highest BCUT2D eigenvalue weighted by Gasteiger charge is 2.27. The third kappa shape index (κ3) is 3.93. The number of halogens is 1. The molecule has 0 saturated heterocycles. The Kier molecular flexibility index (Phi) is 5.18. The lowest BCUT2D eigenvalue weighted by Gasteiger charge is -2.30. The zero-order valence-electron chi connectivity index (χ0n) is 11.8. The second-order valence-corrected chi connectivity index (χ2v) is 7.26. The maximum atomic E-state index is 13.2. The summed E-state index contributed by atoms with van der Waals surface area (Å²) in [6, 6.07) is 3.28. The van der Waals surface area contributed by atoms with Crippen molar-refractivity contribution >= 4 is 15.7 Å². The molecular weight excluding hydrogens is 295 g/mol. The van der Waals surface area contributed by atoms with Crippen LogP contribution in [0, 0.1) is 17.7 Å². The first kappa shape index (κ1) is 16.2. The number of hydrogen-bond acceptors (Lipinski definition) is 4. The van der Waals surface area contributed by atoms with Crippen LogP contribution in [0.2, 0.25) is 0 Å². The molecule has 2 rings (SSSR count). The van der Waals surface area contributed by atoms with Gasteiger partial charge >= 0.3 is 0 Å². The molecule has 0 amide bonds. The average Bonchev–Trinajstić information content (AvgIpc) is 2.48. The second-order valence-electron chi connectivity index (χ2n) is 5.52. The predicted octanol–water partition coefficient (Wildman–Crippen LogP) is 1.48. The minimum absolute atomic E-state index is 0.0197. The van der Waals surface area contributed by atoms with E-state index in [4.69, 9.17) is 5.73 Å². The van der Waals surface area contributed by atoms with Crippen molar-refractivity contribution in [1.29, 1.82) is 0 Å². The van der Waals surface area contributed by atoms with Crippen LogP contribution in [0.5, 0.6) is 0 Å². The highest BCUT2D eigenvalue weighted by Crippen LogP contribution is 2.29. The normalized spacial score (nSPS) is 23.1. The predicted molar refractivity (Wildman–Crippen MR) is 78.5 cm³/mol. The molecule has 0 aromatic heterocycles. The van der Waals surface area contributed by atoms with E-state index < -0.39 is 15.8 Å². The number of nitrogens with one attached hydrogen (secondary N) is 1. The van der Waals surface area contributed by atoms with Crippen molar-refractivity contribution in [3.8, 4) is 0 Å². The number of hydrogen-bond donors (Lipinski definition) is 3. The molecule has 1 fully saturated rings. The molecule has 7 heteroatoms. The summed E-state index contributed by atoms with van der Waals surface area (Å²) in [6.45, 7) is 0.304. The van der Waals surface area contributed by atoms with E-state index in [0.717, 1.165) is 37.8 Å². The van der Waals surface area contributed by atoms with E-state index in [0.29, 0.717) is 0 Å². The largest absolute Gasteiger partial charge is 0.398 e. The van der Waals surface area contributed by atoms with Gasteiger partial charge in [0.15, 0.2) is 0 Å². The average molecular weight is 316 g/mol. The molecule has 1 aromatic carbocycles. The van der Waals surface area contributed by atoms with Crippen molar-refractivity contribution in [2.24, 2.45) is 11.8 Å². The summed E-state index contributed by atoms with van der Waals surface area (Å²) in [5.41, 5.74) is 5.63. The molecule has 0 heterocycles. The number of aliphatic hydroxyl groups excluding tert-OH is 1. The first-order chi connectivity index (χ1) is 9.94. The molecule has 0 bridgehead atoms. The Morgan fingerprint density at radius 2 is 1.95 bits per heavy atom. The summed E-state index contributed by atoms with van der Waals surface area (Å²) in [5, 5.41) is 9.34. The number of benzene rings is 1. The van der Waals surface area contributed by atoms with Gasteiger partial charge in [0.1, 0.15) is 10.7 Å². The molecule has 21 heavy (non-hydrogen) atoms. The van der Waals surface area contributed by atoms with Crippen LogP contribution in [0.15, 0.2) is 23.1 Å². The van der Waals surface area contributed by atoms with Crippen molar-refractivity contribution in [2.45, 2.75) is 30.6 Å². The minimum atomic E-state index is -3.84. The van der Waals surface area contributed by atoms with Crippen LogP contribution in [0.25, 0.3) is 0 Å². The van der Waals surface area contributed by atoms with Crippen molar-refractivity contribution in [1.82, 2.24) is 4.72 Å². The lowest BCUT2D eigenvalue weighted by molar-refractivity contribution is 0.136. The number of sulfonamides is 1. The van der Waals surface area contributed by atoms with Crippen LogP contribution in [0.1, 0.15) is 25.7 Å². The van der Waals surface area contributed by atoms with Gasteiger partial charge in [-0.2, -0.15) is 0 Å². The van der Waals surface area contributed by atoms with E-state index in [1.807, 2.05) is 0 Å². The third-order valence-corrected chi connectivity index (χ3v) is 5.58. The maximum absolute atomic E-state index is 13.2. The smallest absolute Gasteiger partial charge is 0.242 e. The van der Waals surface area contributed by atoms with Gasteiger partial charge in [-0.1, -0.05) is 12.8 Å². The van der Waals surface area contributed by atoms with Gasteiger partial charge in [0, 0.05) is 13.2 Å². The van der Waals surface area contributed by atoms with Crippen LogP contribution in [-0.2, 0) is 10.0 Å². The lowest BCUT2D eigenvalue weighted by atomic mass is 9.80. The molecule has 0 spiro atoms. The molecule has 1 aliphatic carbocycles. The van der Waals surface area contributed by atoms with Gasteiger partial charge in [-0.15, -0.1) is 0 Å². The Labute approximate surface area is 124 Å². The van der Waals surface area contributed by atoms with Gasteiger partial charge in [0.2, 0.25) is 10.0 Å². The fourth-order valence-electron chi connectivity index (χ4n) is 2.83. The number of anilines is 1. The SMILES string of the molecule is Nc1ccc(F)cc1S(=O)(=O)NCC1CCCCC1CO. The zero-order valence-corrected chi connectivity index (χ0v) is 12.6. The summed E-state index contributed by atoms with van der Waals surface area (Å²) in [6.07, 6.45) is 3.88. The molecular formula is C14H21FN2O3S. The Hall–Kier alpha value is -1.18. The molecule has 5 nitrogen and oxygen atoms in total. The van der Waals surface area contributed by atoms with E-state index in [1.165, 1.54) is 6.07 Å². The quantitative estimate of drug-likeness (QED) is 0.718. The van der Waals surface area contributed by atoms with E-state index in [-0.39, 0.29) is 35.6 Å². The van der Waals surface area contributed by atoms with Gasteiger partial charge in [0.25, 0.3) is 0 Å². The minimum Gasteiger partial charge on any atom is -0.398 e. The number of nitrogen functional groups attached to an aromatic ring is 1. The van der Waals surface area contributed by atoms with Crippen LogP contribution in [0.4, 0.5) is 10.1 Å². The van der Waals surface area contributed by atoms with Crippen LogP contribution < -0.4 is 10.5 Å². The summed E-state index contributed by atoms with van der Waals surface area (Å²) in [4.78, 5) is -0.237. The highest BCUT2D eigenvalue weighted by atomic mass is 32.2. The standard InChI is InChI=1S/C14H21FN2O3S/c15-12-5-6-13(16)14(7-12)21(19,20)17-8-10-3-1-2-4-11(10)9-18/h5-7,10-11,17-18H,1-4,8-9,16H2. The summed E-state index contributed by atoms with van der Waals surface area (Å²) >= 11 is 0. The van der Waals surface area contributed by atoms with Crippen LogP contribution in [0.3, 0.4) is 0 Å². The molecule has 0 radical (unpaired) electrons. The van der Waals surface area contributed by atoms with E-state index in [1.54, 1.807) is 0 Å². The zero-order chi connectivity index (χ0) is 15.5. The molecule has 2 atom stereocenters. The first-order valence-corrected chi connectivity index (χ1v) is 8.58. The van der Waals surface area contributed by atoms with Crippen LogP contribution in [-0.4, -0.2) is 26.7 Å². The van der Waals surface area contributed by atoms with E-state index in [9.17, 15) is 17.9 Å². The number of nitrogens with two attached hydrogens (primary N) is 1. The van der Waals surface area contributed by atoms with Crippen molar-refractivity contribution in [3.63, 3.8) is 0 Å². The monoisotopic (exact) mass is 316 g/mol. The Morgan fingerprint density at radius 1 is 1.29 bits per heavy atom. The summed E-state index contributed by atoms with van der Waals surface area (Å²) in [7, 11) is -3.84. The molecule has 1 saturated carbocycles. The molecule has 0 aliphatic heterocycles. The maximum Gasteiger partial charge on any atom is 0.242 e. The van der Waals surface area contributed by atoms with Crippen molar-refractivity contribution in [2.75, 3.05) is 18.9 Å². The second kappa shape index (κ2) is 6.72. The molecule has 4 N–H and O–H groups in total. The van der Waals surface area contributed by atoms with Gasteiger partial charge in [-0.05, 0) is 42.9 Å². The van der Waals surface area contributed by atoms with Gasteiger partial charge < -0.3 is 10.8 Å². The Morgan fingerprint density at radius 3 is 2.62 bits per heavy atom. The molecule has 1 aromatic rings. The molecule has 118 valence electrons. The van der Waals surface area contributed by atoms with E-state index >= 15 is 0 Å². The van der Waals surface area contributed by atoms with Crippen molar-refractivity contribution in [3.05, 3.63) is 24.0 Å². The number of aliphatic hydroxyl groups is 1. The highest BCUT2D eigenvalue weighted by molar-refractivity contribution is 7.89. The van der Waals surface area contributed by atoms with Crippen molar-refractivity contribution < 1.29 is 17.9 Å². The number of rotatable bonds is 5. The lowest BCUT2D eigenvalue weighted by Crippen LogP contribution is -2.35. The van der Waals surface area contributed by atoms with Crippen LogP contribution >= 0.6 is 0 Å². The van der Waals surface area contributed by atoms with Gasteiger partial charge in [-0.3, -0.25) is 0 Å². The van der Waals surface area contributed by atoms with Gasteiger partial charge in [-0.25, -0.2) is 17.5 Å². The summed E-state index contributed by atoms with van der Waals surface area (Å²) < 4.78 is 40.1. The summed E-state index contributed by atoms with van der Waals surface area (Å²) in [5.74, 6) is -0.421. The fraction of sp³-hybridized carbons (Fsp3) is 0.571.